The first-order valence-corrected chi connectivity index (χ1v) is 6.30. The number of carbonyl (C=O) groups excluding carboxylic acids is 2. The number of ether oxygens (including phenoxy) is 1. The normalized spacial score (nSPS) is 13.4. The molecule has 0 aromatic heterocycles. The highest BCUT2D eigenvalue weighted by molar-refractivity contribution is 5.81. The first-order valence-electron chi connectivity index (χ1n) is 6.30. The minimum Gasteiger partial charge on any atom is -0.475 e. The maximum Gasteiger partial charge on any atom is 0.260 e. The van der Waals surface area contributed by atoms with E-state index in [0.717, 1.165) is 18.6 Å². The number of rotatable bonds is 6. The second-order valence-corrected chi connectivity index (χ2v) is 4.51. The van der Waals surface area contributed by atoms with Gasteiger partial charge in [0.15, 0.2) is 23.5 Å². The van der Waals surface area contributed by atoms with E-state index in [1.54, 1.807) is 0 Å². The maximum absolute atomic E-state index is 13.6. The SMILES string of the molecule is CCC(C)NC(=O)C(C)Oc1c(F)cc(C=O)cc1F. The summed E-state index contributed by atoms with van der Waals surface area (Å²) in [5.41, 5.74) is -0.135. The molecule has 0 bridgehead atoms. The molecule has 2 atom stereocenters. The quantitative estimate of drug-likeness (QED) is 0.817. The third-order valence-corrected chi connectivity index (χ3v) is 2.82. The van der Waals surface area contributed by atoms with Crippen LogP contribution < -0.4 is 10.1 Å². The molecule has 1 amide bonds. The van der Waals surface area contributed by atoms with Crippen molar-refractivity contribution in [2.45, 2.75) is 39.3 Å². The summed E-state index contributed by atoms with van der Waals surface area (Å²) in [6.07, 6.45) is 0.0135. The highest BCUT2D eigenvalue weighted by Gasteiger charge is 2.21. The number of carbonyl (C=O) groups is 2. The molecule has 0 fully saturated rings. The first-order chi connectivity index (χ1) is 9.38. The Hall–Kier alpha value is -1.98. The van der Waals surface area contributed by atoms with Crippen molar-refractivity contribution in [2.24, 2.45) is 0 Å². The molecule has 1 aromatic rings. The Morgan fingerprint density at radius 2 is 1.90 bits per heavy atom. The molecule has 2 unspecified atom stereocenters. The lowest BCUT2D eigenvalue weighted by molar-refractivity contribution is -0.128. The van der Waals surface area contributed by atoms with E-state index in [1.165, 1.54) is 6.92 Å². The maximum atomic E-state index is 13.6. The van der Waals surface area contributed by atoms with Crippen molar-refractivity contribution in [3.05, 3.63) is 29.3 Å². The molecule has 0 aliphatic carbocycles. The Kier molecular flexibility index (Phi) is 5.61. The lowest BCUT2D eigenvalue weighted by atomic mass is 10.2. The van der Waals surface area contributed by atoms with Gasteiger partial charge in [0.1, 0.15) is 6.29 Å². The molecule has 0 aliphatic rings. The van der Waals surface area contributed by atoms with Crippen molar-refractivity contribution in [3.63, 3.8) is 0 Å². The van der Waals surface area contributed by atoms with Gasteiger partial charge in [0.2, 0.25) is 0 Å². The molecule has 0 saturated heterocycles. The Morgan fingerprint density at radius 3 is 2.35 bits per heavy atom. The van der Waals surface area contributed by atoms with E-state index in [1.807, 2.05) is 13.8 Å². The van der Waals surface area contributed by atoms with Crippen LogP contribution in [0.1, 0.15) is 37.6 Å². The molecule has 1 rings (SSSR count). The molecule has 110 valence electrons. The van der Waals surface area contributed by atoms with Gasteiger partial charge < -0.3 is 10.1 Å². The summed E-state index contributed by atoms with van der Waals surface area (Å²) in [6.45, 7) is 5.10. The number of amides is 1. The highest BCUT2D eigenvalue weighted by atomic mass is 19.1. The summed E-state index contributed by atoms with van der Waals surface area (Å²) in [7, 11) is 0. The lowest BCUT2D eigenvalue weighted by Gasteiger charge is -2.18. The fourth-order valence-electron chi connectivity index (χ4n) is 1.45. The van der Waals surface area contributed by atoms with Gasteiger partial charge in [0, 0.05) is 11.6 Å². The third kappa shape index (κ3) is 4.01. The zero-order chi connectivity index (χ0) is 15.3. The van der Waals surface area contributed by atoms with Crippen LogP contribution in [0.25, 0.3) is 0 Å². The molecular weight excluding hydrogens is 268 g/mol. The summed E-state index contributed by atoms with van der Waals surface area (Å²) >= 11 is 0. The predicted octanol–water partition coefficient (Wildman–Crippen LogP) is 2.46. The molecule has 0 aliphatic heterocycles. The molecule has 4 nitrogen and oxygen atoms in total. The number of benzene rings is 1. The number of hydrogen-bond acceptors (Lipinski definition) is 3. The third-order valence-electron chi connectivity index (χ3n) is 2.82. The second-order valence-electron chi connectivity index (χ2n) is 4.51. The minimum atomic E-state index is -1.05. The second kappa shape index (κ2) is 6.98. The lowest BCUT2D eigenvalue weighted by Crippen LogP contribution is -2.41. The molecule has 0 spiro atoms. The van der Waals surface area contributed by atoms with Crippen molar-refractivity contribution in [1.82, 2.24) is 5.32 Å². The standard InChI is InChI=1S/C14H17F2NO3/c1-4-8(2)17-14(19)9(3)20-13-11(15)5-10(7-18)6-12(13)16/h5-9H,4H2,1-3H3,(H,17,19). The number of nitrogens with one attached hydrogen (secondary N) is 1. The molecular formula is C14H17F2NO3. The van der Waals surface area contributed by atoms with Crippen LogP contribution in [0.2, 0.25) is 0 Å². The average molecular weight is 285 g/mol. The Bertz CT molecular complexity index is 482. The van der Waals surface area contributed by atoms with Crippen LogP contribution in [-0.4, -0.2) is 24.3 Å². The summed E-state index contributed by atoms with van der Waals surface area (Å²) < 4.78 is 32.2. The van der Waals surface area contributed by atoms with Gasteiger partial charge in [0.05, 0.1) is 0 Å². The molecule has 0 radical (unpaired) electrons. The van der Waals surface area contributed by atoms with E-state index >= 15 is 0 Å². The van der Waals surface area contributed by atoms with Crippen molar-refractivity contribution >= 4 is 12.2 Å². The van der Waals surface area contributed by atoms with E-state index < -0.39 is 29.4 Å². The largest absolute Gasteiger partial charge is 0.475 e. The molecule has 1 N–H and O–H groups in total. The highest BCUT2D eigenvalue weighted by Crippen LogP contribution is 2.24. The Labute approximate surface area is 116 Å². The summed E-state index contributed by atoms with van der Waals surface area (Å²) in [5.74, 6) is -3.16. The minimum absolute atomic E-state index is 0.0549. The fourth-order valence-corrected chi connectivity index (χ4v) is 1.45. The van der Waals surface area contributed by atoms with E-state index in [-0.39, 0.29) is 11.6 Å². The van der Waals surface area contributed by atoms with Gasteiger partial charge in [-0.25, -0.2) is 8.78 Å². The molecule has 1 aromatic carbocycles. The molecule has 0 saturated carbocycles. The van der Waals surface area contributed by atoms with Gasteiger partial charge in [-0.05, 0) is 32.4 Å². The summed E-state index contributed by atoms with van der Waals surface area (Å²) in [6, 6.07) is 1.65. The average Bonchev–Trinajstić information content (AvgIpc) is 2.41. The van der Waals surface area contributed by atoms with Crippen LogP contribution in [0.15, 0.2) is 12.1 Å². The predicted molar refractivity (Wildman–Crippen MR) is 69.7 cm³/mol. The van der Waals surface area contributed by atoms with Crippen molar-refractivity contribution in [3.8, 4) is 5.75 Å². The topological polar surface area (TPSA) is 55.4 Å². The number of halogens is 2. The van der Waals surface area contributed by atoms with Crippen LogP contribution in [-0.2, 0) is 4.79 Å². The van der Waals surface area contributed by atoms with E-state index in [2.05, 4.69) is 5.32 Å². The first kappa shape index (κ1) is 16.1. The van der Waals surface area contributed by atoms with Gasteiger partial charge in [-0.3, -0.25) is 9.59 Å². The fraction of sp³-hybridized carbons (Fsp3) is 0.429. The van der Waals surface area contributed by atoms with Crippen LogP contribution in [0, 0.1) is 11.6 Å². The molecule has 6 heteroatoms. The number of hydrogen-bond donors (Lipinski definition) is 1. The van der Waals surface area contributed by atoms with Crippen LogP contribution >= 0.6 is 0 Å². The zero-order valence-corrected chi connectivity index (χ0v) is 11.6. The zero-order valence-electron chi connectivity index (χ0n) is 11.6. The van der Waals surface area contributed by atoms with Crippen LogP contribution in [0.3, 0.4) is 0 Å². The summed E-state index contributed by atoms with van der Waals surface area (Å²) in [4.78, 5) is 22.2. The smallest absolute Gasteiger partial charge is 0.260 e. The van der Waals surface area contributed by atoms with Crippen molar-refractivity contribution in [2.75, 3.05) is 0 Å². The molecule has 20 heavy (non-hydrogen) atoms. The van der Waals surface area contributed by atoms with Gasteiger partial charge in [-0.1, -0.05) is 6.92 Å². The van der Waals surface area contributed by atoms with E-state index in [9.17, 15) is 18.4 Å². The molecule has 0 heterocycles. The van der Waals surface area contributed by atoms with Gasteiger partial charge in [-0.15, -0.1) is 0 Å². The van der Waals surface area contributed by atoms with Crippen molar-refractivity contribution < 1.29 is 23.1 Å². The van der Waals surface area contributed by atoms with Gasteiger partial charge in [-0.2, -0.15) is 0 Å². The van der Waals surface area contributed by atoms with Crippen molar-refractivity contribution in [1.29, 1.82) is 0 Å². The van der Waals surface area contributed by atoms with Gasteiger partial charge in [0.25, 0.3) is 5.91 Å². The Balaban J connectivity index is 2.83. The van der Waals surface area contributed by atoms with Crippen LogP contribution in [0.4, 0.5) is 8.78 Å². The van der Waals surface area contributed by atoms with E-state index in [0.29, 0.717) is 6.29 Å². The number of aldehydes is 1. The Morgan fingerprint density at radius 1 is 1.35 bits per heavy atom. The van der Waals surface area contributed by atoms with Gasteiger partial charge >= 0.3 is 0 Å². The van der Waals surface area contributed by atoms with E-state index in [4.69, 9.17) is 4.74 Å². The van der Waals surface area contributed by atoms with Crippen LogP contribution in [0.5, 0.6) is 5.75 Å². The monoisotopic (exact) mass is 285 g/mol. The summed E-state index contributed by atoms with van der Waals surface area (Å²) in [5, 5.41) is 2.65.